The van der Waals surface area contributed by atoms with Crippen molar-refractivity contribution < 1.29 is 23.9 Å². The summed E-state index contributed by atoms with van der Waals surface area (Å²) in [5, 5.41) is 2.75. The highest BCUT2D eigenvalue weighted by Gasteiger charge is 2.11. The molecule has 0 aliphatic carbocycles. The topological polar surface area (TPSA) is 81.7 Å². The van der Waals surface area contributed by atoms with Crippen molar-refractivity contribution in [3.63, 3.8) is 0 Å². The van der Waals surface area contributed by atoms with E-state index in [1.54, 1.807) is 55.6 Å². The van der Waals surface area contributed by atoms with Crippen molar-refractivity contribution in [2.24, 2.45) is 0 Å². The van der Waals surface area contributed by atoms with E-state index in [2.05, 4.69) is 5.32 Å². The van der Waals surface area contributed by atoms with Gasteiger partial charge in [-0.25, -0.2) is 0 Å². The average molecular weight is 369 g/mol. The molecular formula is C21H23NO5. The smallest absolute Gasteiger partial charge is 0.310 e. The zero-order valence-electron chi connectivity index (χ0n) is 15.5. The molecule has 0 radical (unpaired) electrons. The Labute approximate surface area is 158 Å². The predicted octanol–water partition coefficient (Wildman–Crippen LogP) is 3.40. The van der Waals surface area contributed by atoms with Gasteiger partial charge in [0, 0.05) is 17.7 Å². The molecule has 6 heteroatoms. The molecule has 142 valence electrons. The van der Waals surface area contributed by atoms with Gasteiger partial charge in [-0.1, -0.05) is 19.1 Å². The fourth-order valence-corrected chi connectivity index (χ4v) is 2.38. The molecule has 1 N–H and O–H groups in total. The standard InChI is InChI=1S/C21H23NO5/c1-3-4-20(24)22-17-9-7-16(8-10-17)19(23)14-27-21(25)13-15-5-11-18(26-2)12-6-15/h5-12H,3-4,13-14H2,1-2H3,(H,22,24). The van der Waals surface area contributed by atoms with Gasteiger partial charge in [0.05, 0.1) is 13.5 Å². The summed E-state index contributed by atoms with van der Waals surface area (Å²) in [5.41, 5.74) is 1.82. The number of hydrogen-bond donors (Lipinski definition) is 1. The van der Waals surface area contributed by atoms with Gasteiger partial charge >= 0.3 is 5.97 Å². The van der Waals surface area contributed by atoms with Crippen LogP contribution in [0, 0.1) is 0 Å². The SMILES string of the molecule is CCCC(=O)Nc1ccc(C(=O)COC(=O)Cc2ccc(OC)cc2)cc1. The van der Waals surface area contributed by atoms with Gasteiger partial charge in [0.25, 0.3) is 0 Å². The van der Waals surface area contributed by atoms with Crippen molar-refractivity contribution in [1.29, 1.82) is 0 Å². The molecule has 0 fully saturated rings. The summed E-state index contributed by atoms with van der Waals surface area (Å²) >= 11 is 0. The van der Waals surface area contributed by atoms with E-state index < -0.39 is 5.97 Å². The first-order chi connectivity index (χ1) is 13.0. The normalized spacial score (nSPS) is 10.1. The van der Waals surface area contributed by atoms with E-state index in [-0.39, 0.29) is 24.7 Å². The lowest BCUT2D eigenvalue weighted by Gasteiger charge is -2.07. The number of rotatable bonds is 9. The van der Waals surface area contributed by atoms with Crippen molar-refractivity contribution >= 4 is 23.3 Å². The molecular weight excluding hydrogens is 346 g/mol. The average Bonchev–Trinajstić information content (AvgIpc) is 2.67. The maximum absolute atomic E-state index is 12.1. The molecule has 2 aromatic carbocycles. The zero-order valence-corrected chi connectivity index (χ0v) is 15.5. The Morgan fingerprint density at radius 2 is 1.63 bits per heavy atom. The number of hydrogen-bond acceptors (Lipinski definition) is 5. The summed E-state index contributed by atoms with van der Waals surface area (Å²) in [7, 11) is 1.57. The first kappa shape index (κ1) is 20.2. The molecule has 0 aliphatic heterocycles. The van der Waals surface area contributed by atoms with Crippen LogP contribution in [0.15, 0.2) is 48.5 Å². The molecule has 27 heavy (non-hydrogen) atoms. The number of carbonyl (C=O) groups excluding carboxylic acids is 3. The number of nitrogens with one attached hydrogen (secondary N) is 1. The number of anilines is 1. The van der Waals surface area contributed by atoms with E-state index in [0.717, 1.165) is 12.0 Å². The van der Waals surface area contributed by atoms with Crippen molar-refractivity contribution in [2.45, 2.75) is 26.2 Å². The molecule has 0 saturated heterocycles. The van der Waals surface area contributed by atoms with E-state index in [0.29, 0.717) is 23.4 Å². The van der Waals surface area contributed by atoms with Gasteiger partial charge in [0.1, 0.15) is 5.75 Å². The number of Topliss-reactive ketones (excluding diaryl/α,β-unsaturated/α-hetero) is 1. The molecule has 0 heterocycles. The Morgan fingerprint density at radius 3 is 2.22 bits per heavy atom. The molecule has 1 amide bonds. The van der Waals surface area contributed by atoms with Gasteiger partial charge < -0.3 is 14.8 Å². The van der Waals surface area contributed by atoms with Crippen molar-refractivity contribution in [3.8, 4) is 5.75 Å². The Kier molecular flexibility index (Phi) is 7.55. The highest BCUT2D eigenvalue weighted by Crippen LogP contribution is 2.13. The summed E-state index contributed by atoms with van der Waals surface area (Å²) < 4.78 is 10.1. The van der Waals surface area contributed by atoms with Gasteiger partial charge in [0.2, 0.25) is 5.91 Å². The fraction of sp³-hybridized carbons (Fsp3) is 0.286. The van der Waals surface area contributed by atoms with Crippen LogP contribution in [0.4, 0.5) is 5.69 Å². The minimum Gasteiger partial charge on any atom is -0.497 e. The van der Waals surface area contributed by atoms with Crippen LogP contribution < -0.4 is 10.1 Å². The minimum absolute atomic E-state index is 0.0657. The lowest BCUT2D eigenvalue weighted by atomic mass is 10.1. The van der Waals surface area contributed by atoms with E-state index in [1.165, 1.54) is 0 Å². The number of amides is 1. The minimum atomic E-state index is -0.475. The third kappa shape index (κ3) is 6.58. The number of esters is 1. The Morgan fingerprint density at radius 1 is 0.963 bits per heavy atom. The number of ether oxygens (including phenoxy) is 2. The molecule has 0 atom stereocenters. The van der Waals surface area contributed by atoms with Gasteiger partial charge in [-0.15, -0.1) is 0 Å². The molecule has 0 aromatic heterocycles. The van der Waals surface area contributed by atoms with E-state index in [9.17, 15) is 14.4 Å². The zero-order chi connectivity index (χ0) is 19.6. The lowest BCUT2D eigenvalue weighted by molar-refractivity contribution is -0.141. The van der Waals surface area contributed by atoms with Crippen molar-refractivity contribution in [1.82, 2.24) is 0 Å². The Balaban J connectivity index is 1.81. The highest BCUT2D eigenvalue weighted by molar-refractivity contribution is 5.98. The van der Waals surface area contributed by atoms with Crippen LogP contribution in [0.25, 0.3) is 0 Å². The third-order valence-electron chi connectivity index (χ3n) is 3.84. The third-order valence-corrected chi connectivity index (χ3v) is 3.84. The van der Waals surface area contributed by atoms with E-state index in [1.807, 2.05) is 6.92 Å². The maximum atomic E-state index is 12.1. The van der Waals surface area contributed by atoms with Crippen LogP contribution in [0.5, 0.6) is 5.75 Å². The molecule has 2 aromatic rings. The highest BCUT2D eigenvalue weighted by atomic mass is 16.5. The predicted molar refractivity (Wildman–Crippen MR) is 102 cm³/mol. The van der Waals surface area contributed by atoms with Crippen LogP contribution in [-0.4, -0.2) is 31.4 Å². The molecule has 0 unspecified atom stereocenters. The first-order valence-electron chi connectivity index (χ1n) is 8.73. The lowest BCUT2D eigenvalue weighted by Crippen LogP contribution is -2.16. The second kappa shape index (κ2) is 10.1. The number of benzene rings is 2. The van der Waals surface area contributed by atoms with Gasteiger partial charge in [-0.2, -0.15) is 0 Å². The summed E-state index contributed by atoms with van der Waals surface area (Å²) in [4.78, 5) is 35.6. The monoisotopic (exact) mass is 369 g/mol. The number of carbonyl (C=O) groups is 3. The molecule has 6 nitrogen and oxygen atoms in total. The van der Waals surface area contributed by atoms with Crippen LogP contribution in [-0.2, 0) is 20.7 Å². The second-order valence-corrected chi connectivity index (χ2v) is 5.98. The molecule has 0 saturated carbocycles. The maximum Gasteiger partial charge on any atom is 0.310 e. The summed E-state index contributed by atoms with van der Waals surface area (Å²) in [6.07, 6.45) is 1.30. The molecule has 0 bridgehead atoms. The largest absolute Gasteiger partial charge is 0.497 e. The van der Waals surface area contributed by atoms with E-state index >= 15 is 0 Å². The van der Waals surface area contributed by atoms with Crippen LogP contribution in [0.2, 0.25) is 0 Å². The molecule has 0 spiro atoms. The van der Waals surface area contributed by atoms with Crippen molar-refractivity contribution in [2.75, 3.05) is 19.0 Å². The molecule has 0 aliphatic rings. The number of methoxy groups -OCH3 is 1. The second-order valence-electron chi connectivity index (χ2n) is 5.98. The fourth-order valence-electron chi connectivity index (χ4n) is 2.38. The number of ketones is 1. The first-order valence-corrected chi connectivity index (χ1v) is 8.73. The van der Waals surface area contributed by atoms with Gasteiger partial charge in [0.15, 0.2) is 12.4 Å². The summed E-state index contributed by atoms with van der Waals surface area (Å²) in [6.45, 7) is 1.60. The Bertz CT molecular complexity index is 781. The quantitative estimate of drug-likeness (QED) is 0.541. The van der Waals surface area contributed by atoms with Gasteiger partial charge in [-0.05, 0) is 48.4 Å². The van der Waals surface area contributed by atoms with Crippen LogP contribution in [0.1, 0.15) is 35.7 Å². The van der Waals surface area contributed by atoms with E-state index in [4.69, 9.17) is 9.47 Å². The molecule has 2 rings (SSSR count). The summed E-state index contributed by atoms with van der Waals surface area (Å²) in [6, 6.07) is 13.6. The van der Waals surface area contributed by atoms with Crippen LogP contribution >= 0.6 is 0 Å². The van der Waals surface area contributed by atoms with Crippen LogP contribution in [0.3, 0.4) is 0 Å². The summed E-state index contributed by atoms with van der Waals surface area (Å²) in [5.74, 6) is -0.137. The van der Waals surface area contributed by atoms with Crippen molar-refractivity contribution in [3.05, 3.63) is 59.7 Å². The Hall–Kier alpha value is -3.15. The van der Waals surface area contributed by atoms with Gasteiger partial charge in [-0.3, -0.25) is 14.4 Å².